The third-order valence-electron chi connectivity index (χ3n) is 2.78. The summed E-state index contributed by atoms with van der Waals surface area (Å²) in [6, 6.07) is 12.4. The Kier molecular flexibility index (Phi) is 6.68. The first kappa shape index (κ1) is 18.6. The lowest BCUT2D eigenvalue weighted by Crippen LogP contribution is -2.40. The van der Waals surface area contributed by atoms with Gasteiger partial charge in [0.25, 0.3) is 0 Å². The van der Waals surface area contributed by atoms with Gasteiger partial charge in [-0.1, -0.05) is 30.3 Å². The van der Waals surface area contributed by atoms with E-state index in [4.69, 9.17) is 15.3 Å². The molecule has 0 aliphatic heterocycles. The minimum atomic E-state index is -0.644. The molecule has 120 valence electrons. The Morgan fingerprint density at radius 3 is 2.30 bits per heavy atom. The molecule has 1 atom stereocenters. The number of rotatable bonds is 4. The number of alkyl carbamates (subject to hydrolysis) is 1. The highest BCUT2D eigenvalue weighted by atomic mass is 32.1. The Hall–Kier alpha value is -2.44. The van der Waals surface area contributed by atoms with E-state index in [2.05, 4.69) is 17.9 Å². The second kappa shape index (κ2) is 8.26. The zero-order valence-corrected chi connectivity index (χ0v) is 14.2. The van der Waals surface area contributed by atoms with E-state index in [0.29, 0.717) is 6.42 Å². The molecule has 0 fully saturated rings. The number of thiol groups is 1. The molecule has 0 spiro atoms. The predicted octanol–water partition coefficient (Wildman–Crippen LogP) is 3.35. The molecule has 0 saturated heterocycles. The van der Waals surface area contributed by atoms with E-state index < -0.39 is 17.7 Å². The van der Waals surface area contributed by atoms with Crippen LogP contribution in [-0.4, -0.2) is 17.7 Å². The molecule has 0 radical (unpaired) electrons. The summed E-state index contributed by atoms with van der Waals surface area (Å²) < 4.78 is 5.23. The molecule has 6 heteroatoms. The lowest BCUT2D eigenvalue weighted by molar-refractivity contribution is 0.0513. The number of amides is 1. The van der Waals surface area contributed by atoms with Gasteiger partial charge in [0, 0.05) is 4.91 Å². The van der Waals surface area contributed by atoms with Crippen LogP contribution >= 0.6 is 12.6 Å². The molecule has 1 aromatic carbocycles. The molecule has 1 N–H and O–H groups in total. The second-order valence-electron chi connectivity index (χ2n) is 5.87. The minimum Gasteiger partial charge on any atom is -0.444 e. The van der Waals surface area contributed by atoms with Crippen LogP contribution in [-0.2, 0) is 11.2 Å². The Morgan fingerprint density at radius 1 is 1.26 bits per heavy atom. The van der Waals surface area contributed by atoms with Gasteiger partial charge in [-0.15, -0.1) is 12.6 Å². The van der Waals surface area contributed by atoms with Gasteiger partial charge in [-0.3, -0.25) is 0 Å². The SMILES string of the molecule is CC(C)(C)OC(=O)N[C@@H](Cc1ccccc1)C(S)=C(C#N)C#N. The van der Waals surface area contributed by atoms with Crippen molar-refractivity contribution in [3.05, 3.63) is 46.4 Å². The molecule has 0 heterocycles. The number of nitrogens with zero attached hydrogens (tertiary/aromatic N) is 2. The van der Waals surface area contributed by atoms with Gasteiger partial charge < -0.3 is 10.1 Å². The first-order chi connectivity index (χ1) is 10.8. The Bertz CT molecular complexity index is 648. The van der Waals surface area contributed by atoms with Crippen molar-refractivity contribution in [2.45, 2.75) is 38.8 Å². The highest BCUT2D eigenvalue weighted by Gasteiger charge is 2.23. The Labute approximate surface area is 142 Å². The van der Waals surface area contributed by atoms with E-state index in [9.17, 15) is 4.79 Å². The maximum atomic E-state index is 12.0. The van der Waals surface area contributed by atoms with Crippen LogP contribution in [0.25, 0.3) is 0 Å². The van der Waals surface area contributed by atoms with Crippen LogP contribution in [0.15, 0.2) is 40.8 Å². The summed E-state index contributed by atoms with van der Waals surface area (Å²) in [5, 5.41) is 20.7. The molecule has 0 aliphatic rings. The molecule has 0 aliphatic carbocycles. The third kappa shape index (κ3) is 6.46. The number of ether oxygens (including phenoxy) is 1. The van der Waals surface area contributed by atoms with Gasteiger partial charge in [0.05, 0.1) is 6.04 Å². The quantitative estimate of drug-likeness (QED) is 0.655. The van der Waals surface area contributed by atoms with E-state index in [1.54, 1.807) is 32.9 Å². The smallest absolute Gasteiger partial charge is 0.408 e. The van der Waals surface area contributed by atoms with Crippen LogP contribution in [0.3, 0.4) is 0 Å². The zero-order chi connectivity index (χ0) is 17.5. The fourth-order valence-corrected chi connectivity index (χ4v) is 2.09. The maximum Gasteiger partial charge on any atom is 0.408 e. The van der Waals surface area contributed by atoms with Crippen molar-refractivity contribution >= 4 is 18.7 Å². The number of nitrogens with one attached hydrogen (secondary N) is 1. The number of allylic oxidation sites excluding steroid dienone is 1. The molecule has 0 aromatic heterocycles. The van der Waals surface area contributed by atoms with Crippen molar-refractivity contribution in [3.63, 3.8) is 0 Å². The number of carbonyl (C=O) groups is 1. The standard InChI is InChI=1S/C17H19N3O2S/c1-17(2,3)22-16(21)20-14(15(23)13(10-18)11-19)9-12-7-5-4-6-8-12/h4-8,14,23H,9H2,1-3H3,(H,20,21)/t14-/m0/s1. The van der Waals surface area contributed by atoms with Crippen LogP contribution in [0.2, 0.25) is 0 Å². The van der Waals surface area contributed by atoms with Crippen molar-refractivity contribution < 1.29 is 9.53 Å². The monoisotopic (exact) mass is 329 g/mol. The molecular weight excluding hydrogens is 310 g/mol. The molecule has 0 unspecified atom stereocenters. The average Bonchev–Trinajstić information content (AvgIpc) is 2.47. The molecule has 1 amide bonds. The van der Waals surface area contributed by atoms with Crippen molar-refractivity contribution in [1.29, 1.82) is 10.5 Å². The van der Waals surface area contributed by atoms with Gasteiger partial charge in [-0.2, -0.15) is 10.5 Å². The number of nitriles is 2. The van der Waals surface area contributed by atoms with Crippen molar-refractivity contribution in [2.75, 3.05) is 0 Å². The van der Waals surface area contributed by atoms with Crippen molar-refractivity contribution in [1.82, 2.24) is 5.32 Å². The molecule has 23 heavy (non-hydrogen) atoms. The van der Waals surface area contributed by atoms with Crippen LogP contribution in [0.4, 0.5) is 4.79 Å². The highest BCUT2D eigenvalue weighted by molar-refractivity contribution is 7.84. The summed E-state index contributed by atoms with van der Waals surface area (Å²) in [5.74, 6) is 0. The molecule has 1 aromatic rings. The summed E-state index contributed by atoms with van der Waals surface area (Å²) in [4.78, 5) is 12.2. The van der Waals surface area contributed by atoms with Crippen LogP contribution in [0, 0.1) is 22.7 Å². The summed E-state index contributed by atoms with van der Waals surface area (Å²) in [7, 11) is 0. The summed E-state index contributed by atoms with van der Waals surface area (Å²) in [6.45, 7) is 5.27. The van der Waals surface area contributed by atoms with Crippen molar-refractivity contribution in [3.8, 4) is 12.1 Å². The molecule has 5 nitrogen and oxygen atoms in total. The van der Waals surface area contributed by atoms with Gasteiger partial charge in [0.2, 0.25) is 0 Å². The van der Waals surface area contributed by atoms with E-state index >= 15 is 0 Å². The maximum absolute atomic E-state index is 12.0. The van der Waals surface area contributed by atoms with Crippen LogP contribution in [0.1, 0.15) is 26.3 Å². The van der Waals surface area contributed by atoms with Crippen LogP contribution in [0.5, 0.6) is 0 Å². The summed E-state index contributed by atoms with van der Waals surface area (Å²) in [5.41, 5.74) is 0.162. The van der Waals surface area contributed by atoms with Crippen molar-refractivity contribution in [2.24, 2.45) is 0 Å². The first-order valence-corrected chi connectivity index (χ1v) is 7.48. The van der Waals surface area contributed by atoms with Gasteiger partial charge in [0.15, 0.2) is 0 Å². The minimum absolute atomic E-state index is 0.134. The van der Waals surface area contributed by atoms with Gasteiger partial charge in [-0.25, -0.2) is 4.79 Å². The van der Waals surface area contributed by atoms with Gasteiger partial charge in [-0.05, 0) is 32.8 Å². The lowest BCUT2D eigenvalue weighted by atomic mass is 10.0. The largest absolute Gasteiger partial charge is 0.444 e. The zero-order valence-electron chi connectivity index (χ0n) is 13.3. The van der Waals surface area contributed by atoms with E-state index in [-0.39, 0.29) is 10.5 Å². The van der Waals surface area contributed by atoms with Gasteiger partial charge in [0.1, 0.15) is 23.3 Å². The fourth-order valence-electron chi connectivity index (χ4n) is 1.83. The van der Waals surface area contributed by atoms with E-state index in [0.717, 1.165) is 5.56 Å². The molecule has 0 saturated carbocycles. The van der Waals surface area contributed by atoms with Crippen LogP contribution < -0.4 is 5.32 Å². The normalized spacial score (nSPS) is 11.6. The number of benzene rings is 1. The molecule has 1 rings (SSSR count). The first-order valence-electron chi connectivity index (χ1n) is 7.03. The third-order valence-corrected chi connectivity index (χ3v) is 3.32. The number of hydrogen-bond acceptors (Lipinski definition) is 5. The second-order valence-corrected chi connectivity index (χ2v) is 6.35. The predicted molar refractivity (Wildman–Crippen MR) is 90.5 cm³/mol. The Morgan fingerprint density at radius 2 is 1.83 bits per heavy atom. The topological polar surface area (TPSA) is 85.9 Å². The molecule has 0 bridgehead atoms. The Balaban J connectivity index is 3.03. The lowest BCUT2D eigenvalue weighted by Gasteiger charge is -2.24. The number of carbonyl (C=O) groups excluding carboxylic acids is 1. The fraction of sp³-hybridized carbons (Fsp3) is 0.353. The van der Waals surface area contributed by atoms with E-state index in [1.165, 1.54) is 0 Å². The average molecular weight is 329 g/mol. The highest BCUT2D eigenvalue weighted by Crippen LogP contribution is 2.18. The summed E-state index contributed by atoms with van der Waals surface area (Å²) >= 11 is 4.26. The van der Waals surface area contributed by atoms with E-state index in [1.807, 2.05) is 30.3 Å². The molecular formula is C17H19N3O2S. The van der Waals surface area contributed by atoms with Gasteiger partial charge >= 0.3 is 6.09 Å². The number of hydrogen-bond donors (Lipinski definition) is 2. The summed E-state index contributed by atoms with van der Waals surface area (Å²) in [6.07, 6.45) is -0.230.